The van der Waals surface area contributed by atoms with Crippen molar-refractivity contribution in [2.75, 3.05) is 0 Å². The van der Waals surface area contributed by atoms with Gasteiger partial charge < -0.3 is 9.68 Å². The molecule has 3 rings (SSSR count). The first-order valence-electron chi connectivity index (χ1n) is 4.92. The van der Waals surface area contributed by atoms with Gasteiger partial charge in [-0.15, -0.1) is 11.3 Å². The normalized spacial score (nSPS) is 10.8. The van der Waals surface area contributed by atoms with Gasteiger partial charge in [0.2, 0.25) is 0 Å². The van der Waals surface area contributed by atoms with Gasteiger partial charge in [0.05, 0.1) is 0 Å². The lowest BCUT2D eigenvalue weighted by atomic mass is 10.1. The molecule has 0 aliphatic rings. The van der Waals surface area contributed by atoms with Crippen LogP contribution in [0.2, 0.25) is 0 Å². The van der Waals surface area contributed by atoms with Crippen LogP contribution in [-0.2, 0) is 0 Å². The van der Waals surface area contributed by atoms with E-state index in [1.54, 1.807) is 11.3 Å². The Labute approximate surface area is 97.4 Å². The fraction of sp³-hybridized carbons (Fsp3) is 0. The van der Waals surface area contributed by atoms with Crippen molar-refractivity contribution >= 4 is 39.2 Å². The summed E-state index contributed by atoms with van der Waals surface area (Å²) in [6, 6.07) is 14.1. The van der Waals surface area contributed by atoms with Gasteiger partial charge in [-0.05, 0) is 24.3 Å². The summed E-state index contributed by atoms with van der Waals surface area (Å²) in [5, 5.41) is 11.0. The number of rotatable bonds is 2. The zero-order valence-electron chi connectivity index (χ0n) is 8.38. The van der Waals surface area contributed by atoms with Crippen LogP contribution >= 0.6 is 11.3 Å². The van der Waals surface area contributed by atoms with E-state index in [9.17, 15) is 0 Å². The molecule has 3 aromatic rings. The molecule has 2 nitrogen and oxygen atoms in total. The van der Waals surface area contributed by atoms with Crippen molar-refractivity contribution in [1.82, 2.24) is 0 Å². The molecule has 16 heavy (non-hydrogen) atoms. The van der Waals surface area contributed by atoms with Crippen molar-refractivity contribution < 1.29 is 9.68 Å². The Morgan fingerprint density at radius 2 is 1.81 bits per heavy atom. The van der Waals surface area contributed by atoms with Crippen LogP contribution in [0.4, 0.5) is 0 Å². The Morgan fingerprint density at radius 1 is 1.00 bits per heavy atom. The standard InChI is InChI=1S/C12H8BO2S/c14-13-15-8-5-6-12-10(7-8)9-3-1-2-4-11(9)16-12/h1-7,14H. The van der Waals surface area contributed by atoms with Crippen molar-refractivity contribution in [2.24, 2.45) is 0 Å². The van der Waals surface area contributed by atoms with Crippen LogP contribution in [0.1, 0.15) is 0 Å². The van der Waals surface area contributed by atoms with Gasteiger partial charge in [0.25, 0.3) is 0 Å². The Hall–Kier alpha value is -1.52. The molecular weight excluding hydrogens is 219 g/mol. The summed E-state index contributed by atoms with van der Waals surface area (Å²) in [6.45, 7) is 0. The Balaban J connectivity index is 2.31. The van der Waals surface area contributed by atoms with E-state index in [2.05, 4.69) is 12.1 Å². The predicted octanol–water partition coefficient (Wildman–Crippen LogP) is 2.96. The predicted molar refractivity (Wildman–Crippen MR) is 67.9 cm³/mol. The summed E-state index contributed by atoms with van der Waals surface area (Å²) in [6.07, 6.45) is 0. The molecule has 1 N–H and O–H groups in total. The maximum absolute atomic E-state index is 8.61. The molecule has 0 fully saturated rings. The lowest BCUT2D eigenvalue weighted by Gasteiger charge is -2.00. The second-order valence-corrected chi connectivity index (χ2v) is 4.56. The van der Waals surface area contributed by atoms with Gasteiger partial charge >= 0.3 is 7.69 Å². The zero-order valence-corrected chi connectivity index (χ0v) is 9.20. The van der Waals surface area contributed by atoms with E-state index in [1.807, 2.05) is 30.3 Å². The molecule has 0 saturated carbocycles. The van der Waals surface area contributed by atoms with Gasteiger partial charge in [-0.1, -0.05) is 18.2 Å². The minimum absolute atomic E-state index is 0.651. The van der Waals surface area contributed by atoms with Crippen molar-refractivity contribution in [3.05, 3.63) is 42.5 Å². The molecule has 2 aromatic carbocycles. The second-order valence-electron chi connectivity index (χ2n) is 3.48. The summed E-state index contributed by atoms with van der Waals surface area (Å²) < 4.78 is 7.46. The maximum atomic E-state index is 8.61. The molecule has 77 valence electrons. The first-order valence-corrected chi connectivity index (χ1v) is 5.74. The van der Waals surface area contributed by atoms with Crippen LogP contribution < -0.4 is 4.65 Å². The molecular formula is C12H8BO2S. The molecule has 0 amide bonds. The topological polar surface area (TPSA) is 29.5 Å². The molecule has 1 heterocycles. The van der Waals surface area contributed by atoms with Crippen molar-refractivity contribution in [3.63, 3.8) is 0 Å². The van der Waals surface area contributed by atoms with Crippen LogP contribution in [0.3, 0.4) is 0 Å². The third-order valence-electron chi connectivity index (χ3n) is 2.54. The van der Waals surface area contributed by atoms with E-state index < -0.39 is 0 Å². The summed E-state index contributed by atoms with van der Waals surface area (Å²) in [4.78, 5) is 0. The highest BCUT2D eigenvalue weighted by atomic mass is 32.1. The highest BCUT2D eigenvalue weighted by molar-refractivity contribution is 7.25. The van der Waals surface area contributed by atoms with Crippen molar-refractivity contribution in [3.8, 4) is 5.75 Å². The largest absolute Gasteiger partial charge is 0.569 e. The van der Waals surface area contributed by atoms with Gasteiger partial charge in [-0.25, -0.2) is 0 Å². The van der Waals surface area contributed by atoms with E-state index in [4.69, 9.17) is 9.68 Å². The second kappa shape index (κ2) is 3.81. The molecule has 0 bridgehead atoms. The Morgan fingerprint density at radius 3 is 2.69 bits per heavy atom. The third kappa shape index (κ3) is 1.47. The van der Waals surface area contributed by atoms with Gasteiger partial charge in [0.15, 0.2) is 0 Å². The summed E-state index contributed by atoms with van der Waals surface area (Å²) in [7, 11) is 0.704. The average Bonchev–Trinajstić information content (AvgIpc) is 2.68. The fourth-order valence-corrected chi connectivity index (χ4v) is 2.93. The minimum atomic E-state index is 0.651. The third-order valence-corrected chi connectivity index (χ3v) is 3.69. The summed E-state index contributed by atoms with van der Waals surface area (Å²) in [5.41, 5.74) is 0. The van der Waals surface area contributed by atoms with Crippen LogP contribution in [0.5, 0.6) is 5.75 Å². The van der Waals surface area contributed by atoms with E-state index >= 15 is 0 Å². The molecule has 1 aromatic heterocycles. The van der Waals surface area contributed by atoms with Gasteiger partial charge in [0.1, 0.15) is 5.75 Å². The number of thiophene rings is 1. The average molecular weight is 227 g/mol. The summed E-state index contributed by atoms with van der Waals surface area (Å²) >= 11 is 1.76. The highest BCUT2D eigenvalue weighted by Gasteiger charge is 2.05. The number of benzene rings is 2. The van der Waals surface area contributed by atoms with E-state index in [0.717, 1.165) is 0 Å². The molecule has 0 aliphatic heterocycles. The summed E-state index contributed by atoms with van der Waals surface area (Å²) in [5.74, 6) is 0.651. The Bertz CT molecular complexity index is 648. The van der Waals surface area contributed by atoms with E-state index in [0.29, 0.717) is 13.4 Å². The van der Waals surface area contributed by atoms with Crippen LogP contribution in [-0.4, -0.2) is 12.7 Å². The monoisotopic (exact) mass is 227 g/mol. The molecule has 0 saturated heterocycles. The molecule has 0 spiro atoms. The van der Waals surface area contributed by atoms with Gasteiger partial charge in [0, 0.05) is 20.2 Å². The molecule has 0 atom stereocenters. The Kier molecular flexibility index (Phi) is 2.31. The van der Waals surface area contributed by atoms with E-state index in [-0.39, 0.29) is 0 Å². The first-order chi connectivity index (χ1) is 7.88. The van der Waals surface area contributed by atoms with Gasteiger partial charge in [-0.2, -0.15) is 0 Å². The van der Waals surface area contributed by atoms with Crippen molar-refractivity contribution in [2.45, 2.75) is 0 Å². The van der Waals surface area contributed by atoms with Gasteiger partial charge in [-0.3, -0.25) is 0 Å². The minimum Gasteiger partial charge on any atom is -0.537 e. The first kappa shape index (κ1) is 9.69. The highest BCUT2D eigenvalue weighted by Crippen LogP contribution is 2.35. The van der Waals surface area contributed by atoms with Crippen LogP contribution in [0, 0.1) is 0 Å². The van der Waals surface area contributed by atoms with E-state index in [1.165, 1.54) is 20.2 Å². The maximum Gasteiger partial charge on any atom is 0.569 e. The van der Waals surface area contributed by atoms with Crippen LogP contribution in [0.25, 0.3) is 20.2 Å². The molecule has 4 heteroatoms. The lowest BCUT2D eigenvalue weighted by Crippen LogP contribution is -1.98. The quantitative estimate of drug-likeness (QED) is 0.682. The van der Waals surface area contributed by atoms with Crippen molar-refractivity contribution in [1.29, 1.82) is 0 Å². The SMILES string of the molecule is O[B]Oc1ccc2sc3ccccc3c2c1. The fourth-order valence-electron chi connectivity index (χ4n) is 1.84. The lowest BCUT2D eigenvalue weighted by molar-refractivity contribution is 0.454. The molecule has 0 aliphatic carbocycles. The number of hydrogen-bond acceptors (Lipinski definition) is 3. The van der Waals surface area contributed by atoms with Crippen LogP contribution in [0.15, 0.2) is 42.5 Å². The smallest absolute Gasteiger partial charge is 0.537 e. The molecule has 0 unspecified atom stereocenters. The number of fused-ring (bicyclic) bond motifs is 3. The zero-order chi connectivity index (χ0) is 11.0. The number of hydrogen-bond donors (Lipinski definition) is 1. The molecule has 1 radical (unpaired) electrons.